The molecule has 1 saturated carbocycles. The number of aliphatic carboxylic acids is 1. The molecule has 0 aromatic carbocycles. The molecule has 2 N–H and O–H groups in total. The number of rotatable bonds is 5. The van der Waals surface area contributed by atoms with E-state index < -0.39 is 35.9 Å². The standard InChI is InChI=1S/C14H22F3NO3/c1-8(2)6-11(13(20)21)18-12(19)9-4-3-5-10(7-9)14(15,16)17/h8-11H,3-7H2,1-2H3,(H,18,19)(H,20,21)/t9?,10?,11-/m1/s1. The predicted molar refractivity (Wildman–Crippen MR) is 70.5 cm³/mol. The number of hydrogen-bond donors (Lipinski definition) is 2. The fraction of sp³-hybridized carbons (Fsp3) is 0.857. The summed E-state index contributed by atoms with van der Waals surface area (Å²) in [5.41, 5.74) is 0. The number of alkyl halides is 3. The Morgan fingerprint density at radius 2 is 1.90 bits per heavy atom. The molecular formula is C14H22F3NO3. The average Bonchev–Trinajstić information content (AvgIpc) is 2.36. The number of carboxylic acid groups (broad SMARTS) is 1. The molecule has 1 rings (SSSR count). The van der Waals surface area contributed by atoms with Gasteiger partial charge in [-0.2, -0.15) is 13.2 Å². The van der Waals surface area contributed by atoms with Crippen LogP contribution in [0.5, 0.6) is 0 Å². The van der Waals surface area contributed by atoms with E-state index in [4.69, 9.17) is 5.11 Å². The first-order valence-electron chi connectivity index (χ1n) is 7.21. The summed E-state index contributed by atoms with van der Waals surface area (Å²) in [5, 5.41) is 11.4. The van der Waals surface area contributed by atoms with Gasteiger partial charge >= 0.3 is 12.1 Å². The number of nitrogens with one attached hydrogen (secondary N) is 1. The zero-order valence-corrected chi connectivity index (χ0v) is 12.2. The fourth-order valence-electron chi connectivity index (χ4n) is 2.71. The van der Waals surface area contributed by atoms with Gasteiger partial charge in [0.25, 0.3) is 0 Å². The first-order chi connectivity index (χ1) is 9.61. The maximum Gasteiger partial charge on any atom is 0.391 e. The molecule has 0 aliphatic heterocycles. The molecule has 2 unspecified atom stereocenters. The van der Waals surface area contributed by atoms with Gasteiger partial charge in [-0.15, -0.1) is 0 Å². The topological polar surface area (TPSA) is 66.4 Å². The van der Waals surface area contributed by atoms with E-state index in [1.807, 2.05) is 13.8 Å². The lowest BCUT2D eigenvalue weighted by Gasteiger charge is -2.30. The van der Waals surface area contributed by atoms with E-state index in [0.29, 0.717) is 12.8 Å². The van der Waals surface area contributed by atoms with Crippen molar-refractivity contribution in [3.05, 3.63) is 0 Å². The van der Waals surface area contributed by atoms with Crippen molar-refractivity contribution >= 4 is 11.9 Å². The Labute approximate surface area is 122 Å². The van der Waals surface area contributed by atoms with Gasteiger partial charge in [-0.1, -0.05) is 20.3 Å². The van der Waals surface area contributed by atoms with Crippen molar-refractivity contribution in [2.75, 3.05) is 0 Å². The minimum atomic E-state index is -4.29. The SMILES string of the molecule is CC(C)C[C@@H](NC(=O)C1CCCC(C(F)(F)F)C1)C(=O)O. The highest BCUT2D eigenvalue weighted by atomic mass is 19.4. The Balaban J connectivity index is 2.63. The van der Waals surface area contributed by atoms with Crippen LogP contribution in [0.1, 0.15) is 46.0 Å². The molecule has 1 aliphatic carbocycles. The molecule has 1 aliphatic rings. The van der Waals surface area contributed by atoms with Crippen molar-refractivity contribution in [3.8, 4) is 0 Å². The molecule has 0 bridgehead atoms. The van der Waals surface area contributed by atoms with Gasteiger partial charge in [-0.25, -0.2) is 4.79 Å². The van der Waals surface area contributed by atoms with E-state index in [2.05, 4.69) is 5.32 Å². The summed E-state index contributed by atoms with van der Waals surface area (Å²) in [6.45, 7) is 3.64. The lowest BCUT2D eigenvalue weighted by atomic mass is 9.80. The number of halogens is 3. The minimum Gasteiger partial charge on any atom is -0.480 e. The summed E-state index contributed by atoms with van der Waals surface area (Å²) in [4.78, 5) is 23.1. The number of carbonyl (C=O) groups is 2. The maximum atomic E-state index is 12.7. The monoisotopic (exact) mass is 309 g/mol. The fourth-order valence-corrected chi connectivity index (χ4v) is 2.71. The van der Waals surface area contributed by atoms with E-state index in [0.717, 1.165) is 0 Å². The molecule has 1 amide bonds. The lowest BCUT2D eigenvalue weighted by molar-refractivity contribution is -0.186. The Morgan fingerprint density at radius 3 is 2.38 bits per heavy atom. The second-order valence-corrected chi connectivity index (χ2v) is 6.13. The zero-order chi connectivity index (χ0) is 16.2. The third kappa shape index (κ3) is 5.55. The molecule has 0 aromatic rings. The van der Waals surface area contributed by atoms with Gasteiger partial charge in [-0.3, -0.25) is 4.79 Å². The van der Waals surface area contributed by atoms with E-state index >= 15 is 0 Å². The van der Waals surface area contributed by atoms with Crippen LogP contribution in [0.3, 0.4) is 0 Å². The van der Waals surface area contributed by atoms with Gasteiger partial charge in [-0.05, 0) is 31.6 Å². The first kappa shape index (κ1) is 17.8. The summed E-state index contributed by atoms with van der Waals surface area (Å²) in [7, 11) is 0. The van der Waals surface area contributed by atoms with Gasteiger partial charge in [0.15, 0.2) is 0 Å². The molecule has 4 nitrogen and oxygen atoms in total. The average molecular weight is 309 g/mol. The largest absolute Gasteiger partial charge is 0.480 e. The zero-order valence-electron chi connectivity index (χ0n) is 12.2. The molecule has 21 heavy (non-hydrogen) atoms. The van der Waals surface area contributed by atoms with Crippen LogP contribution in [0.25, 0.3) is 0 Å². The van der Waals surface area contributed by atoms with Gasteiger partial charge in [0, 0.05) is 5.92 Å². The van der Waals surface area contributed by atoms with E-state index in [1.54, 1.807) is 0 Å². The Kier molecular flexibility index (Phi) is 6.04. The number of amides is 1. The van der Waals surface area contributed by atoms with Crippen molar-refractivity contribution in [2.45, 2.75) is 58.2 Å². The number of carboxylic acids is 1. The first-order valence-corrected chi connectivity index (χ1v) is 7.21. The van der Waals surface area contributed by atoms with Crippen LogP contribution in [0.15, 0.2) is 0 Å². The van der Waals surface area contributed by atoms with Crippen molar-refractivity contribution < 1.29 is 27.9 Å². The molecule has 122 valence electrons. The van der Waals surface area contributed by atoms with Crippen molar-refractivity contribution in [1.29, 1.82) is 0 Å². The summed E-state index contributed by atoms with van der Waals surface area (Å²) < 4.78 is 38.1. The third-order valence-corrected chi connectivity index (χ3v) is 3.83. The lowest BCUT2D eigenvalue weighted by Crippen LogP contribution is -2.46. The van der Waals surface area contributed by atoms with E-state index in [9.17, 15) is 22.8 Å². The van der Waals surface area contributed by atoms with Crippen LogP contribution in [0.2, 0.25) is 0 Å². The molecule has 0 radical (unpaired) electrons. The van der Waals surface area contributed by atoms with E-state index in [-0.39, 0.29) is 25.2 Å². The van der Waals surface area contributed by atoms with Crippen LogP contribution in [-0.4, -0.2) is 29.2 Å². The van der Waals surface area contributed by atoms with Crippen molar-refractivity contribution in [1.82, 2.24) is 5.32 Å². The van der Waals surface area contributed by atoms with Gasteiger partial charge < -0.3 is 10.4 Å². The quantitative estimate of drug-likeness (QED) is 0.820. The number of carbonyl (C=O) groups excluding carboxylic acids is 1. The molecule has 7 heteroatoms. The maximum absolute atomic E-state index is 12.7. The highest BCUT2D eigenvalue weighted by Gasteiger charge is 2.43. The predicted octanol–water partition coefficient (Wildman–Crippen LogP) is 2.97. The summed E-state index contributed by atoms with van der Waals surface area (Å²) in [6.07, 6.45) is -3.51. The molecule has 0 spiro atoms. The Morgan fingerprint density at radius 1 is 1.29 bits per heavy atom. The van der Waals surface area contributed by atoms with Crippen molar-refractivity contribution in [2.24, 2.45) is 17.8 Å². The van der Waals surface area contributed by atoms with Crippen molar-refractivity contribution in [3.63, 3.8) is 0 Å². The summed E-state index contributed by atoms with van der Waals surface area (Å²) in [6, 6.07) is -1.04. The normalized spacial score (nSPS) is 24.7. The Bertz CT molecular complexity index is 382. The molecular weight excluding hydrogens is 287 g/mol. The van der Waals surface area contributed by atoms with Gasteiger partial charge in [0.05, 0.1) is 5.92 Å². The van der Waals surface area contributed by atoms with E-state index in [1.165, 1.54) is 0 Å². The second kappa shape index (κ2) is 7.13. The molecule has 0 heterocycles. The van der Waals surface area contributed by atoms with Crippen LogP contribution < -0.4 is 5.32 Å². The summed E-state index contributed by atoms with van der Waals surface area (Å²) in [5.74, 6) is -3.87. The van der Waals surface area contributed by atoms with Crippen LogP contribution in [0, 0.1) is 17.8 Å². The Hall–Kier alpha value is -1.27. The number of hydrogen-bond acceptors (Lipinski definition) is 2. The van der Waals surface area contributed by atoms with Crippen LogP contribution >= 0.6 is 0 Å². The molecule has 1 fully saturated rings. The molecule has 3 atom stereocenters. The summed E-state index contributed by atoms with van der Waals surface area (Å²) >= 11 is 0. The highest BCUT2D eigenvalue weighted by Crippen LogP contribution is 2.39. The smallest absolute Gasteiger partial charge is 0.391 e. The molecule has 0 aromatic heterocycles. The van der Waals surface area contributed by atoms with Gasteiger partial charge in [0.2, 0.25) is 5.91 Å². The third-order valence-electron chi connectivity index (χ3n) is 3.83. The van der Waals surface area contributed by atoms with Gasteiger partial charge in [0.1, 0.15) is 6.04 Å². The highest BCUT2D eigenvalue weighted by molar-refractivity contribution is 5.85. The molecule has 0 saturated heterocycles. The van der Waals surface area contributed by atoms with Crippen LogP contribution in [0.4, 0.5) is 13.2 Å². The van der Waals surface area contributed by atoms with Crippen LogP contribution in [-0.2, 0) is 9.59 Å². The second-order valence-electron chi connectivity index (χ2n) is 6.13. The minimum absolute atomic E-state index is 0.0433.